The molecule has 7 nitrogen and oxygen atoms in total. The van der Waals surface area contributed by atoms with E-state index >= 15 is 0 Å². The molecule has 0 N–H and O–H groups in total. The predicted octanol–water partition coefficient (Wildman–Crippen LogP) is 4.27. The van der Waals surface area contributed by atoms with Gasteiger partial charge in [0, 0.05) is 11.1 Å². The molecule has 35 heavy (non-hydrogen) atoms. The first-order valence-electron chi connectivity index (χ1n) is 11.0. The maximum atomic E-state index is 13.1. The lowest BCUT2D eigenvalue weighted by molar-refractivity contribution is 0.305. The summed E-state index contributed by atoms with van der Waals surface area (Å²) in [6, 6.07) is 21.3. The molecule has 0 atom stereocenters. The summed E-state index contributed by atoms with van der Waals surface area (Å²) in [7, 11) is 3.15. The van der Waals surface area contributed by atoms with Crippen molar-refractivity contribution in [3.05, 3.63) is 98.3 Å². The molecule has 0 spiro atoms. The molecule has 5 aromatic rings. The van der Waals surface area contributed by atoms with Gasteiger partial charge in [0.2, 0.25) is 4.96 Å². The number of benzene rings is 3. The molecule has 2 heterocycles. The number of aryl methyl sites for hydroxylation is 1. The summed E-state index contributed by atoms with van der Waals surface area (Å²) >= 11 is 1.29. The first-order valence-corrected chi connectivity index (χ1v) is 11.8. The van der Waals surface area contributed by atoms with E-state index in [2.05, 4.69) is 29.1 Å². The molecule has 2 aromatic heterocycles. The average molecular weight is 486 g/mol. The van der Waals surface area contributed by atoms with Gasteiger partial charge in [-0.05, 0) is 42.8 Å². The Bertz CT molecular complexity index is 1610. The van der Waals surface area contributed by atoms with E-state index in [4.69, 9.17) is 14.2 Å². The van der Waals surface area contributed by atoms with Crippen LogP contribution < -0.4 is 24.3 Å². The average Bonchev–Trinajstić information content (AvgIpc) is 3.43. The maximum absolute atomic E-state index is 13.1. The fraction of sp³-hybridized carbons (Fsp3) is 0.148. The summed E-state index contributed by atoms with van der Waals surface area (Å²) in [6.07, 6.45) is 1.82. The molecular formula is C27H23N3O4S. The van der Waals surface area contributed by atoms with Crippen molar-refractivity contribution in [1.29, 1.82) is 0 Å². The quantitative estimate of drug-likeness (QED) is 0.343. The number of fused-ring (bicyclic) bond motifs is 1. The molecule has 8 heteroatoms. The van der Waals surface area contributed by atoms with Crippen molar-refractivity contribution in [2.45, 2.75) is 13.5 Å². The molecule has 0 bridgehead atoms. The summed E-state index contributed by atoms with van der Waals surface area (Å²) in [6.45, 7) is 2.50. The Labute approximate surface area is 205 Å². The zero-order valence-corrected chi connectivity index (χ0v) is 20.3. The Balaban J connectivity index is 1.45. The van der Waals surface area contributed by atoms with Crippen molar-refractivity contribution in [3.8, 4) is 28.6 Å². The molecule has 0 aliphatic heterocycles. The lowest BCUT2D eigenvalue weighted by Gasteiger charge is -2.09. The van der Waals surface area contributed by atoms with Gasteiger partial charge < -0.3 is 14.2 Å². The lowest BCUT2D eigenvalue weighted by atomic mass is 10.1. The van der Waals surface area contributed by atoms with Crippen LogP contribution in [0.3, 0.4) is 0 Å². The molecular weight excluding hydrogens is 462 g/mol. The van der Waals surface area contributed by atoms with Crippen LogP contribution in [-0.4, -0.2) is 28.8 Å². The summed E-state index contributed by atoms with van der Waals surface area (Å²) in [5.74, 6) is 2.34. The number of ether oxygens (including phenoxy) is 3. The Morgan fingerprint density at radius 3 is 2.46 bits per heavy atom. The highest BCUT2D eigenvalue weighted by molar-refractivity contribution is 7.15. The van der Waals surface area contributed by atoms with E-state index in [1.54, 1.807) is 26.4 Å². The van der Waals surface area contributed by atoms with E-state index in [1.165, 1.54) is 21.4 Å². The van der Waals surface area contributed by atoms with E-state index < -0.39 is 0 Å². The van der Waals surface area contributed by atoms with E-state index in [0.29, 0.717) is 39.2 Å². The number of methoxy groups -OCH3 is 2. The van der Waals surface area contributed by atoms with Gasteiger partial charge in [-0.1, -0.05) is 59.4 Å². The molecule has 5 rings (SSSR count). The van der Waals surface area contributed by atoms with Crippen molar-refractivity contribution in [2.75, 3.05) is 14.2 Å². The normalized spacial score (nSPS) is 11.7. The zero-order valence-electron chi connectivity index (χ0n) is 19.5. The van der Waals surface area contributed by atoms with Gasteiger partial charge in [-0.3, -0.25) is 4.79 Å². The monoisotopic (exact) mass is 485 g/mol. The molecule has 0 radical (unpaired) electrons. The van der Waals surface area contributed by atoms with Gasteiger partial charge in [0.25, 0.3) is 5.56 Å². The number of thiazole rings is 1. The molecule has 0 aliphatic carbocycles. The fourth-order valence-corrected chi connectivity index (χ4v) is 4.55. The van der Waals surface area contributed by atoms with Crippen LogP contribution in [0.4, 0.5) is 0 Å². The highest BCUT2D eigenvalue weighted by Gasteiger charge is 2.14. The van der Waals surface area contributed by atoms with Crippen LogP contribution in [0.15, 0.2) is 71.5 Å². The van der Waals surface area contributed by atoms with Gasteiger partial charge in [-0.2, -0.15) is 9.50 Å². The first-order chi connectivity index (χ1) is 17.1. The fourth-order valence-electron chi connectivity index (χ4n) is 3.65. The van der Waals surface area contributed by atoms with Gasteiger partial charge in [0.15, 0.2) is 17.3 Å². The van der Waals surface area contributed by atoms with Crippen LogP contribution in [-0.2, 0) is 6.61 Å². The summed E-state index contributed by atoms with van der Waals surface area (Å²) in [4.78, 5) is 18.2. The van der Waals surface area contributed by atoms with Gasteiger partial charge in [0.05, 0.1) is 18.8 Å². The van der Waals surface area contributed by atoms with Gasteiger partial charge in [-0.25, -0.2) is 0 Å². The van der Waals surface area contributed by atoms with Crippen molar-refractivity contribution in [1.82, 2.24) is 14.6 Å². The minimum absolute atomic E-state index is 0.224. The smallest absolute Gasteiger partial charge is 0.291 e. The molecule has 0 amide bonds. The van der Waals surface area contributed by atoms with Crippen molar-refractivity contribution in [3.63, 3.8) is 0 Å². The maximum Gasteiger partial charge on any atom is 0.291 e. The zero-order chi connectivity index (χ0) is 24.4. The summed E-state index contributed by atoms with van der Waals surface area (Å²) in [5, 5.41) is 4.44. The summed E-state index contributed by atoms with van der Waals surface area (Å²) < 4.78 is 18.6. The highest BCUT2D eigenvalue weighted by atomic mass is 32.1. The van der Waals surface area contributed by atoms with Crippen molar-refractivity contribution >= 4 is 22.4 Å². The lowest BCUT2D eigenvalue weighted by Crippen LogP contribution is -2.23. The Hall–Kier alpha value is -4.17. The molecule has 0 saturated heterocycles. The van der Waals surface area contributed by atoms with E-state index in [-0.39, 0.29) is 5.56 Å². The number of nitrogens with zero attached hydrogens (tertiary/aromatic N) is 3. The Morgan fingerprint density at radius 1 is 0.943 bits per heavy atom. The third kappa shape index (κ3) is 4.61. The van der Waals surface area contributed by atoms with Crippen LogP contribution in [0, 0.1) is 6.92 Å². The van der Waals surface area contributed by atoms with Crippen molar-refractivity contribution < 1.29 is 14.2 Å². The predicted molar refractivity (Wildman–Crippen MR) is 136 cm³/mol. The van der Waals surface area contributed by atoms with Crippen LogP contribution in [0.2, 0.25) is 0 Å². The van der Waals surface area contributed by atoms with Crippen LogP contribution in [0.5, 0.6) is 17.2 Å². The molecule has 3 aromatic carbocycles. The Morgan fingerprint density at radius 2 is 1.71 bits per heavy atom. The third-order valence-corrected chi connectivity index (χ3v) is 6.50. The minimum atomic E-state index is -0.224. The highest BCUT2D eigenvalue weighted by Crippen LogP contribution is 2.31. The van der Waals surface area contributed by atoms with Crippen LogP contribution >= 0.6 is 11.3 Å². The number of hydrogen-bond acceptors (Lipinski definition) is 7. The van der Waals surface area contributed by atoms with Gasteiger partial charge >= 0.3 is 0 Å². The number of rotatable bonds is 7. The van der Waals surface area contributed by atoms with Crippen LogP contribution in [0.1, 0.15) is 16.7 Å². The number of para-hydroxylation sites is 1. The first kappa shape index (κ1) is 22.6. The van der Waals surface area contributed by atoms with E-state index in [9.17, 15) is 4.79 Å². The largest absolute Gasteiger partial charge is 0.493 e. The summed E-state index contributed by atoms with van der Waals surface area (Å²) in [5.41, 5.74) is 3.62. The second-order valence-electron chi connectivity index (χ2n) is 7.93. The molecule has 0 aliphatic rings. The van der Waals surface area contributed by atoms with E-state index in [1.807, 2.05) is 48.5 Å². The van der Waals surface area contributed by atoms with Gasteiger partial charge in [0.1, 0.15) is 12.4 Å². The minimum Gasteiger partial charge on any atom is -0.493 e. The standard InChI is InChI=1S/C27H23N3O4S/c1-17-8-10-18(11-9-17)16-34-21-7-5-4-6-19(21)15-24-26(31)30-27(35-24)28-25(29-30)20-12-13-22(32-2)23(14-20)33-3/h4-15H,16H2,1-3H3/b24-15+. The Kier molecular flexibility index (Phi) is 6.20. The van der Waals surface area contributed by atoms with Crippen molar-refractivity contribution in [2.24, 2.45) is 0 Å². The number of aromatic nitrogens is 3. The molecule has 0 saturated carbocycles. The SMILES string of the molecule is COc1ccc(-c2nc3s/c(=C/c4ccccc4OCc4ccc(C)cc4)c(=O)n3n2)cc1OC. The van der Waals surface area contributed by atoms with Gasteiger partial charge in [-0.15, -0.1) is 5.10 Å². The topological polar surface area (TPSA) is 75.0 Å². The van der Waals surface area contributed by atoms with Crippen LogP contribution in [0.25, 0.3) is 22.4 Å². The second kappa shape index (κ2) is 9.60. The van der Waals surface area contributed by atoms with E-state index in [0.717, 1.165) is 16.7 Å². The third-order valence-electron chi connectivity index (χ3n) is 5.54. The molecule has 176 valence electrons. The molecule has 0 fully saturated rings. The molecule has 0 unspecified atom stereocenters. The number of hydrogen-bond donors (Lipinski definition) is 0. The second-order valence-corrected chi connectivity index (χ2v) is 8.94.